The van der Waals surface area contributed by atoms with E-state index in [9.17, 15) is 4.79 Å². The summed E-state index contributed by atoms with van der Waals surface area (Å²) in [6, 6.07) is 2.56. The number of nitrogens with one attached hydrogen (secondary N) is 1. The topological polar surface area (TPSA) is 36.1 Å². The number of aromatic amines is 1. The molecular formula is C15H24N2O. The highest BCUT2D eigenvalue weighted by molar-refractivity contribution is 5.20. The standard InChI is InChI=1S/C15H24N2O/c1-3-4-8-17-9-6-5-7-14(17)13-10-12(2)15(18)16-11-13/h10-11,14H,3-9H2,1-2H3,(H,16,18)/t14-/m1/s1. The van der Waals surface area contributed by atoms with Crippen LogP contribution in [0.3, 0.4) is 0 Å². The number of hydrogen-bond donors (Lipinski definition) is 1. The predicted molar refractivity (Wildman–Crippen MR) is 74.9 cm³/mol. The second-order valence-electron chi connectivity index (χ2n) is 5.35. The number of aromatic nitrogens is 1. The van der Waals surface area contributed by atoms with Crippen molar-refractivity contribution in [1.82, 2.24) is 9.88 Å². The van der Waals surface area contributed by atoms with Gasteiger partial charge in [-0.1, -0.05) is 19.8 Å². The fraction of sp³-hybridized carbons (Fsp3) is 0.667. The number of nitrogens with zero attached hydrogens (tertiary/aromatic N) is 1. The highest BCUT2D eigenvalue weighted by Crippen LogP contribution is 2.30. The third-order valence-corrected chi connectivity index (χ3v) is 3.91. The molecule has 1 N–H and O–H groups in total. The number of pyridine rings is 1. The lowest BCUT2D eigenvalue weighted by Crippen LogP contribution is -2.34. The lowest BCUT2D eigenvalue weighted by molar-refractivity contribution is 0.146. The quantitative estimate of drug-likeness (QED) is 0.889. The molecule has 0 spiro atoms. The molecule has 0 bridgehead atoms. The maximum atomic E-state index is 11.4. The maximum absolute atomic E-state index is 11.4. The summed E-state index contributed by atoms with van der Waals surface area (Å²) in [5.74, 6) is 0. The molecule has 0 aliphatic carbocycles. The van der Waals surface area contributed by atoms with Gasteiger partial charge in [0.1, 0.15) is 0 Å². The Labute approximate surface area is 109 Å². The van der Waals surface area contributed by atoms with Gasteiger partial charge in [0.2, 0.25) is 0 Å². The summed E-state index contributed by atoms with van der Waals surface area (Å²) in [6.07, 6.45) is 8.24. The minimum Gasteiger partial charge on any atom is -0.329 e. The van der Waals surface area contributed by atoms with Gasteiger partial charge in [0.05, 0.1) is 0 Å². The average Bonchev–Trinajstić information content (AvgIpc) is 2.40. The van der Waals surface area contributed by atoms with Crippen LogP contribution in [-0.4, -0.2) is 23.0 Å². The number of aryl methyl sites for hydroxylation is 1. The second-order valence-corrected chi connectivity index (χ2v) is 5.35. The van der Waals surface area contributed by atoms with Crippen LogP contribution >= 0.6 is 0 Å². The van der Waals surface area contributed by atoms with Gasteiger partial charge in [0.25, 0.3) is 5.56 Å². The minimum absolute atomic E-state index is 0.0367. The summed E-state index contributed by atoms with van der Waals surface area (Å²) in [4.78, 5) is 16.9. The first-order valence-corrected chi connectivity index (χ1v) is 7.15. The average molecular weight is 248 g/mol. The highest BCUT2D eigenvalue weighted by Gasteiger charge is 2.23. The molecule has 0 aromatic carbocycles. The van der Waals surface area contributed by atoms with Gasteiger partial charge >= 0.3 is 0 Å². The fourth-order valence-electron chi connectivity index (χ4n) is 2.81. The Morgan fingerprint density at radius 1 is 1.44 bits per heavy atom. The molecule has 2 rings (SSSR count). The van der Waals surface area contributed by atoms with E-state index in [0.717, 1.165) is 5.56 Å². The van der Waals surface area contributed by atoms with E-state index in [-0.39, 0.29) is 5.56 Å². The largest absolute Gasteiger partial charge is 0.329 e. The molecule has 0 saturated carbocycles. The molecule has 1 aromatic heterocycles. The Balaban J connectivity index is 2.16. The highest BCUT2D eigenvalue weighted by atomic mass is 16.1. The first-order chi connectivity index (χ1) is 8.72. The van der Waals surface area contributed by atoms with Crippen molar-refractivity contribution in [3.05, 3.63) is 33.7 Å². The molecule has 0 unspecified atom stereocenters. The Kier molecular flexibility index (Phi) is 4.59. The monoisotopic (exact) mass is 248 g/mol. The number of unbranched alkanes of at least 4 members (excludes halogenated alkanes) is 1. The Morgan fingerprint density at radius 2 is 2.28 bits per heavy atom. The molecule has 2 heterocycles. The van der Waals surface area contributed by atoms with Crippen LogP contribution in [0.25, 0.3) is 0 Å². The first kappa shape index (κ1) is 13.3. The van der Waals surface area contributed by atoms with Crippen LogP contribution < -0.4 is 5.56 Å². The molecule has 3 nitrogen and oxygen atoms in total. The van der Waals surface area contributed by atoms with Gasteiger partial charge in [0, 0.05) is 17.8 Å². The molecule has 18 heavy (non-hydrogen) atoms. The molecule has 100 valence electrons. The summed E-state index contributed by atoms with van der Waals surface area (Å²) in [5, 5.41) is 0. The number of rotatable bonds is 4. The summed E-state index contributed by atoms with van der Waals surface area (Å²) >= 11 is 0. The van der Waals surface area contributed by atoms with Gasteiger partial charge in [-0.05, 0) is 50.9 Å². The van der Waals surface area contributed by atoms with E-state index in [1.165, 1.54) is 50.8 Å². The van der Waals surface area contributed by atoms with E-state index in [1.54, 1.807) is 0 Å². The molecule has 1 aromatic rings. The van der Waals surface area contributed by atoms with E-state index in [2.05, 4.69) is 22.9 Å². The van der Waals surface area contributed by atoms with E-state index in [4.69, 9.17) is 0 Å². The number of piperidine rings is 1. The summed E-state index contributed by atoms with van der Waals surface area (Å²) in [6.45, 7) is 6.51. The zero-order chi connectivity index (χ0) is 13.0. The van der Waals surface area contributed by atoms with Crippen molar-refractivity contribution in [2.75, 3.05) is 13.1 Å². The third kappa shape index (κ3) is 3.02. The van der Waals surface area contributed by atoms with Crippen molar-refractivity contribution in [2.45, 2.75) is 52.0 Å². The molecule has 1 aliphatic heterocycles. The molecule has 1 fully saturated rings. The second kappa shape index (κ2) is 6.19. The van der Waals surface area contributed by atoms with Crippen LogP contribution in [0.2, 0.25) is 0 Å². The Hall–Kier alpha value is -1.09. The van der Waals surface area contributed by atoms with Crippen LogP contribution in [0.15, 0.2) is 17.1 Å². The zero-order valence-electron chi connectivity index (χ0n) is 11.5. The zero-order valence-corrected chi connectivity index (χ0v) is 11.5. The lowest BCUT2D eigenvalue weighted by atomic mass is 9.95. The Morgan fingerprint density at radius 3 is 3.00 bits per heavy atom. The summed E-state index contributed by atoms with van der Waals surface area (Å²) in [7, 11) is 0. The van der Waals surface area contributed by atoms with Gasteiger partial charge in [-0.2, -0.15) is 0 Å². The molecule has 0 amide bonds. The maximum Gasteiger partial charge on any atom is 0.250 e. The van der Waals surface area contributed by atoms with E-state index in [0.29, 0.717) is 6.04 Å². The molecule has 1 saturated heterocycles. The predicted octanol–water partition coefficient (Wildman–Crippen LogP) is 3.01. The van der Waals surface area contributed by atoms with Crippen molar-refractivity contribution in [3.63, 3.8) is 0 Å². The van der Waals surface area contributed by atoms with Crippen molar-refractivity contribution in [3.8, 4) is 0 Å². The van der Waals surface area contributed by atoms with Crippen molar-refractivity contribution >= 4 is 0 Å². The normalized spacial score (nSPS) is 21.1. The number of hydrogen-bond acceptors (Lipinski definition) is 2. The van der Waals surface area contributed by atoms with E-state index in [1.807, 2.05) is 13.1 Å². The van der Waals surface area contributed by atoms with Gasteiger partial charge in [-0.25, -0.2) is 0 Å². The van der Waals surface area contributed by atoms with Crippen molar-refractivity contribution in [2.24, 2.45) is 0 Å². The number of H-pyrrole nitrogens is 1. The van der Waals surface area contributed by atoms with Gasteiger partial charge in [-0.3, -0.25) is 9.69 Å². The lowest BCUT2D eigenvalue weighted by Gasteiger charge is -2.36. The summed E-state index contributed by atoms with van der Waals surface area (Å²) in [5.41, 5.74) is 2.14. The molecule has 1 atom stereocenters. The van der Waals surface area contributed by atoms with Crippen LogP contribution in [0, 0.1) is 6.92 Å². The third-order valence-electron chi connectivity index (χ3n) is 3.91. The minimum atomic E-state index is 0.0367. The SMILES string of the molecule is CCCCN1CCCC[C@@H]1c1c[nH]c(=O)c(C)c1. The Bertz CT molecular complexity index is 438. The van der Waals surface area contributed by atoms with Crippen LogP contribution in [0.5, 0.6) is 0 Å². The van der Waals surface area contributed by atoms with E-state index < -0.39 is 0 Å². The first-order valence-electron chi connectivity index (χ1n) is 7.15. The van der Waals surface area contributed by atoms with E-state index >= 15 is 0 Å². The summed E-state index contributed by atoms with van der Waals surface area (Å²) < 4.78 is 0. The van der Waals surface area contributed by atoms with Crippen molar-refractivity contribution < 1.29 is 0 Å². The molecular weight excluding hydrogens is 224 g/mol. The van der Waals surface area contributed by atoms with Crippen LogP contribution in [0.1, 0.15) is 56.2 Å². The number of likely N-dealkylation sites (tertiary alicyclic amines) is 1. The van der Waals surface area contributed by atoms with Crippen molar-refractivity contribution in [1.29, 1.82) is 0 Å². The van der Waals surface area contributed by atoms with Gasteiger partial charge < -0.3 is 4.98 Å². The van der Waals surface area contributed by atoms with Gasteiger partial charge in [-0.15, -0.1) is 0 Å². The van der Waals surface area contributed by atoms with Crippen LogP contribution in [0.4, 0.5) is 0 Å². The molecule has 1 aliphatic rings. The van der Waals surface area contributed by atoms with Gasteiger partial charge in [0.15, 0.2) is 0 Å². The van der Waals surface area contributed by atoms with Crippen LogP contribution in [-0.2, 0) is 0 Å². The molecule has 3 heteroatoms. The fourth-order valence-corrected chi connectivity index (χ4v) is 2.81. The molecule has 0 radical (unpaired) electrons. The smallest absolute Gasteiger partial charge is 0.250 e.